The molecule has 0 aliphatic carbocycles. The van der Waals surface area contributed by atoms with Crippen molar-refractivity contribution in [1.29, 1.82) is 0 Å². The van der Waals surface area contributed by atoms with Crippen molar-refractivity contribution in [2.75, 3.05) is 26.7 Å². The Balaban J connectivity index is 1.98. The SMILES string of the molecule is CN1CCCC(O)(C2CCCN2)CC1. The number of hydrogen-bond acceptors (Lipinski definition) is 3. The number of hydrogen-bond donors (Lipinski definition) is 2. The van der Waals surface area contributed by atoms with Gasteiger partial charge in [-0.1, -0.05) is 0 Å². The fraction of sp³-hybridized carbons (Fsp3) is 1.00. The van der Waals surface area contributed by atoms with E-state index in [9.17, 15) is 5.11 Å². The molecule has 0 radical (unpaired) electrons. The van der Waals surface area contributed by atoms with Crippen molar-refractivity contribution in [3.05, 3.63) is 0 Å². The molecule has 3 nitrogen and oxygen atoms in total. The van der Waals surface area contributed by atoms with Crippen LogP contribution in [0.15, 0.2) is 0 Å². The van der Waals surface area contributed by atoms with Crippen LogP contribution in [0.3, 0.4) is 0 Å². The molecule has 2 atom stereocenters. The van der Waals surface area contributed by atoms with Crippen molar-refractivity contribution in [2.24, 2.45) is 0 Å². The van der Waals surface area contributed by atoms with Crippen LogP contribution in [0.1, 0.15) is 32.1 Å². The lowest BCUT2D eigenvalue weighted by Gasteiger charge is -2.33. The van der Waals surface area contributed by atoms with E-state index in [4.69, 9.17) is 0 Å². The molecule has 2 fully saturated rings. The summed E-state index contributed by atoms with van der Waals surface area (Å²) < 4.78 is 0. The molecule has 0 aromatic carbocycles. The van der Waals surface area contributed by atoms with Gasteiger partial charge < -0.3 is 15.3 Å². The van der Waals surface area contributed by atoms with Crippen LogP contribution in [0, 0.1) is 0 Å². The average molecular weight is 198 g/mol. The topological polar surface area (TPSA) is 35.5 Å². The zero-order valence-electron chi connectivity index (χ0n) is 9.13. The Morgan fingerprint density at radius 2 is 2.14 bits per heavy atom. The van der Waals surface area contributed by atoms with Gasteiger partial charge in [-0.05, 0) is 52.2 Å². The van der Waals surface area contributed by atoms with E-state index in [2.05, 4.69) is 17.3 Å². The zero-order valence-corrected chi connectivity index (χ0v) is 9.13. The summed E-state index contributed by atoms with van der Waals surface area (Å²) in [5.74, 6) is 0. The summed E-state index contributed by atoms with van der Waals surface area (Å²) in [5.41, 5.74) is -0.429. The van der Waals surface area contributed by atoms with E-state index in [0.717, 1.165) is 45.3 Å². The lowest BCUT2D eigenvalue weighted by atomic mass is 9.86. The summed E-state index contributed by atoms with van der Waals surface area (Å²) in [4.78, 5) is 2.33. The minimum Gasteiger partial charge on any atom is -0.388 e. The first kappa shape index (κ1) is 10.4. The number of rotatable bonds is 1. The van der Waals surface area contributed by atoms with Crippen LogP contribution in [-0.2, 0) is 0 Å². The lowest BCUT2D eigenvalue weighted by Crippen LogP contribution is -2.48. The fourth-order valence-electron chi connectivity index (χ4n) is 2.77. The third kappa shape index (κ3) is 2.10. The summed E-state index contributed by atoms with van der Waals surface area (Å²) >= 11 is 0. The number of nitrogens with one attached hydrogen (secondary N) is 1. The third-order valence-electron chi connectivity index (χ3n) is 3.78. The van der Waals surface area contributed by atoms with E-state index in [1.807, 2.05) is 0 Å². The van der Waals surface area contributed by atoms with Gasteiger partial charge in [-0.25, -0.2) is 0 Å². The van der Waals surface area contributed by atoms with Crippen LogP contribution < -0.4 is 5.32 Å². The molecule has 3 heteroatoms. The Hall–Kier alpha value is -0.120. The Bertz CT molecular complexity index is 192. The number of aliphatic hydroxyl groups is 1. The smallest absolute Gasteiger partial charge is 0.0812 e. The van der Waals surface area contributed by atoms with Gasteiger partial charge >= 0.3 is 0 Å². The van der Waals surface area contributed by atoms with Gasteiger partial charge in [-0.15, -0.1) is 0 Å². The van der Waals surface area contributed by atoms with E-state index in [1.54, 1.807) is 0 Å². The Kier molecular flexibility index (Phi) is 3.10. The minimum absolute atomic E-state index is 0.356. The van der Waals surface area contributed by atoms with Crippen LogP contribution in [0.4, 0.5) is 0 Å². The van der Waals surface area contributed by atoms with Gasteiger partial charge in [0.25, 0.3) is 0 Å². The van der Waals surface area contributed by atoms with Crippen molar-refractivity contribution >= 4 is 0 Å². The minimum atomic E-state index is -0.429. The van der Waals surface area contributed by atoms with Crippen molar-refractivity contribution in [3.63, 3.8) is 0 Å². The molecule has 0 aromatic heterocycles. The van der Waals surface area contributed by atoms with Gasteiger partial charge in [-0.2, -0.15) is 0 Å². The van der Waals surface area contributed by atoms with E-state index >= 15 is 0 Å². The summed E-state index contributed by atoms with van der Waals surface area (Å²) in [6, 6.07) is 0.356. The second-order valence-electron chi connectivity index (χ2n) is 4.91. The molecule has 0 bridgehead atoms. The van der Waals surface area contributed by atoms with Gasteiger partial charge in [0, 0.05) is 12.6 Å². The Labute approximate surface area is 86.5 Å². The molecular formula is C11H22N2O. The molecule has 2 unspecified atom stereocenters. The maximum atomic E-state index is 10.6. The summed E-state index contributed by atoms with van der Waals surface area (Å²) in [6.07, 6.45) is 5.41. The number of nitrogens with zero attached hydrogens (tertiary/aromatic N) is 1. The molecule has 2 aliphatic heterocycles. The first-order valence-electron chi connectivity index (χ1n) is 5.85. The van der Waals surface area contributed by atoms with E-state index < -0.39 is 5.60 Å². The molecular weight excluding hydrogens is 176 g/mol. The summed E-state index contributed by atoms with van der Waals surface area (Å²) in [7, 11) is 2.15. The van der Waals surface area contributed by atoms with E-state index in [-0.39, 0.29) is 0 Å². The van der Waals surface area contributed by atoms with Crippen molar-refractivity contribution in [2.45, 2.75) is 43.7 Å². The van der Waals surface area contributed by atoms with Gasteiger partial charge in [-0.3, -0.25) is 0 Å². The van der Waals surface area contributed by atoms with E-state index in [0.29, 0.717) is 6.04 Å². The lowest BCUT2D eigenvalue weighted by molar-refractivity contribution is -0.00543. The van der Waals surface area contributed by atoms with Crippen LogP contribution in [0.25, 0.3) is 0 Å². The first-order chi connectivity index (χ1) is 6.71. The molecule has 2 aliphatic rings. The highest BCUT2D eigenvalue weighted by atomic mass is 16.3. The quantitative estimate of drug-likeness (QED) is 0.647. The molecule has 2 saturated heterocycles. The second-order valence-corrected chi connectivity index (χ2v) is 4.91. The highest BCUT2D eigenvalue weighted by Gasteiger charge is 2.38. The second kappa shape index (κ2) is 4.17. The zero-order chi connectivity index (χ0) is 10.0. The largest absolute Gasteiger partial charge is 0.388 e. The molecule has 2 N–H and O–H groups in total. The molecule has 0 saturated carbocycles. The highest BCUT2D eigenvalue weighted by Crippen LogP contribution is 2.29. The van der Waals surface area contributed by atoms with Gasteiger partial charge in [0.1, 0.15) is 0 Å². The molecule has 14 heavy (non-hydrogen) atoms. The molecule has 2 rings (SSSR count). The van der Waals surface area contributed by atoms with Crippen molar-refractivity contribution in [1.82, 2.24) is 10.2 Å². The fourth-order valence-corrected chi connectivity index (χ4v) is 2.77. The predicted octanol–water partition coefficient (Wildman–Crippen LogP) is 0.585. The van der Waals surface area contributed by atoms with Gasteiger partial charge in [0.2, 0.25) is 0 Å². The highest BCUT2D eigenvalue weighted by molar-refractivity contribution is 4.96. The third-order valence-corrected chi connectivity index (χ3v) is 3.78. The molecule has 0 spiro atoms. The Morgan fingerprint density at radius 1 is 1.29 bits per heavy atom. The molecule has 0 amide bonds. The Morgan fingerprint density at radius 3 is 2.86 bits per heavy atom. The molecule has 0 aromatic rings. The van der Waals surface area contributed by atoms with Crippen LogP contribution in [-0.4, -0.2) is 48.3 Å². The van der Waals surface area contributed by atoms with Crippen molar-refractivity contribution < 1.29 is 5.11 Å². The van der Waals surface area contributed by atoms with Gasteiger partial charge in [0.05, 0.1) is 5.60 Å². The van der Waals surface area contributed by atoms with Gasteiger partial charge in [0.15, 0.2) is 0 Å². The standard InChI is InChI=1S/C11H22N2O/c1-13-8-3-5-11(14,6-9-13)10-4-2-7-12-10/h10,12,14H,2-9H2,1H3. The molecule has 82 valence electrons. The summed E-state index contributed by atoms with van der Waals surface area (Å²) in [6.45, 7) is 3.26. The maximum absolute atomic E-state index is 10.6. The van der Waals surface area contributed by atoms with Crippen LogP contribution >= 0.6 is 0 Å². The van der Waals surface area contributed by atoms with Crippen molar-refractivity contribution in [3.8, 4) is 0 Å². The number of likely N-dealkylation sites (tertiary alicyclic amines) is 1. The normalized spacial score (nSPS) is 41.1. The predicted molar refractivity (Wildman–Crippen MR) is 57.3 cm³/mol. The maximum Gasteiger partial charge on any atom is 0.0812 e. The van der Waals surface area contributed by atoms with Crippen LogP contribution in [0.5, 0.6) is 0 Å². The summed E-state index contributed by atoms with van der Waals surface area (Å²) in [5, 5.41) is 14.0. The van der Waals surface area contributed by atoms with E-state index in [1.165, 1.54) is 6.42 Å². The first-order valence-corrected chi connectivity index (χ1v) is 5.85. The molecule has 2 heterocycles. The van der Waals surface area contributed by atoms with Crippen LogP contribution in [0.2, 0.25) is 0 Å². The monoisotopic (exact) mass is 198 g/mol. The average Bonchev–Trinajstić information content (AvgIpc) is 2.63.